The maximum Gasteiger partial charge on any atom is 0.188 e. The van der Waals surface area contributed by atoms with Gasteiger partial charge in [0.2, 0.25) is 0 Å². The maximum absolute atomic E-state index is 5.88. The number of rotatable bonds is 9. The molecule has 1 aromatic carbocycles. The zero-order chi connectivity index (χ0) is 16.4. The van der Waals surface area contributed by atoms with Gasteiger partial charge in [-0.1, -0.05) is 19.9 Å². The molecule has 0 bridgehead atoms. The number of methoxy groups -OCH3 is 2. The van der Waals surface area contributed by atoms with Crippen LogP contribution in [-0.2, 0) is 6.54 Å². The quantitative estimate of drug-likeness (QED) is 0.352. The number of hydrogen-bond acceptors (Lipinski definition) is 4. The van der Waals surface area contributed by atoms with E-state index in [0.29, 0.717) is 24.0 Å². The number of nitrogens with two attached hydrogens (primary N) is 1. The summed E-state index contributed by atoms with van der Waals surface area (Å²) in [5, 5.41) is 3.13. The number of aliphatic imine (C=N–C) groups is 1. The molecule has 7 heteroatoms. The fourth-order valence-electron chi connectivity index (χ4n) is 2.09. The summed E-state index contributed by atoms with van der Waals surface area (Å²) < 4.78 is 10.5. The smallest absolute Gasteiger partial charge is 0.188 e. The molecule has 0 fully saturated rings. The molecule has 23 heavy (non-hydrogen) atoms. The van der Waals surface area contributed by atoms with E-state index in [1.165, 1.54) is 0 Å². The Balaban J connectivity index is 0.00000484. The Morgan fingerprint density at radius 2 is 1.83 bits per heavy atom. The molecular formula is C16H29IN4O2. The van der Waals surface area contributed by atoms with Crippen LogP contribution in [0.3, 0.4) is 0 Å². The first-order valence-electron chi connectivity index (χ1n) is 7.61. The molecule has 0 amide bonds. The molecule has 0 aliphatic carbocycles. The standard InChI is InChI=1S/C16H28N4O2.HI/c1-5-20(6-2)10-9-18-16(17)19-12-13-7-8-14(21-3)15(11-13)22-4;/h7-8,11H,5-6,9-10,12H2,1-4H3,(H3,17,18,19);1H. The monoisotopic (exact) mass is 436 g/mol. The topological polar surface area (TPSA) is 72.1 Å². The Hall–Kier alpha value is -1.22. The summed E-state index contributed by atoms with van der Waals surface area (Å²) in [6, 6.07) is 5.73. The number of benzene rings is 1. The van der Waals surface area contributed by atoms with Crippen molar-refractivity contribution in [3.8, 4) is 11.5 Å². The molecule has 0 atom stereocenters. The molecule has 0 saturated carbocycles. The van der Waals surface area contributed by atoms with Gasteiger partial charge in [-0.15, -0.1) is 24.0 Å². The minimum atomic E-state index is 0. The summed E-state index contributed by atoms with van der Waals surface area (Å²) in [5.74, 6) is 1.87. The van der Waals surface area contributed by atoms with Crippen molar-refractivity contribution in [2.45, 2.75) is 20.4 Å². The number of nitrogens with zero attached hydrogens (tertiary/aromatic N) is 2. The third-order valence-corrected chi connectivity index (χ3v) is 3.51. The Labute approximate surface area is 156 Å². The molecule has 132 valence electrons. The molecule has 0 unspecified atom stereocenters. The number of likely N-dealkylation sites (N-methyl/N-ethyl adjacent to an activating group) is 1. The van der Waals surface area contributed by atoms with Crippen molar-refractivity contribution in [3.63, 3.8) is 0 Å². The third kappa shape index (κ3) is 7.74. The number of nitrogens with one attached hydrogen (secondary N) is 1. The highest BCUT2D eigenvalue weighted by Gasteiger charge is 2.04. The van der Waals surface area contributed by atoms with Gasteiger partial charge in [0.15, 0.2) is 17.5 Å². The van der Waals surface area contributed by atoms with Crippen LogP contribution in [-0.4, -0.2) is 51.3 Å². The van der Waals surface area contributed by atoms with E-state index in [0.717, 1.165) is 31.7 Å². The highest BCUT2D eigenvalue weighted by Crippen LogP contribution is 2.27. The summed E-state index contributed by atoms with van der Waals surface area (Å²) in [5.41, 5.74) is 6.90. The first kappa shape index (κ1) is 21.8. The highest BCUT2D eigenvalue weighted by atomic mass is 127. The van der Waals surface area contributed by atoms with Gasteiger partial charge in [-0.2, -0.15) is 0 Å². The molecule has 0 aliphatic rings. The number of ether oxygens (including phenoxy) is 2. The summed E-state index contributed by atoms with van der Waals surface area (Å²) >= 11 is 0. The summed E-state index contributed by atoms with van der Waals surface area (Å²) in [6.07, 6.45) is 0. The maximum atomic E-state index is 5.88. The second-order valence-electron chi connectivity index (χ2n) is 4.84. The number of hydrogen-bond donors (Lipinski definition) is 2. The molecule has 0 saturated heterocycles. The van der Waals surface area contributed by atoms with E-state index in [-0.39, 0.29) is 24.0 Å². The second-order valence-corrected chi connectivity index (χ2v) is 4.84. The van der Waals surface area contributed by atoms with Gasteiger partial charge in [-0.3, -0.25) is 0 Å². The van der Waals surface area contributed by atoms with Crippen LogP contribution in [0.2, 0.25) is 0 Å². The first-order chi connectivity index (χ1) is 10.6. The van der Waals surface area contributed by atoms with Gasteiger partial charge >= 0.3 is 0 Å². The summed E-state index contributed by atoms with van der Waals surface area (Å²) in [6.45, 7) is 8.64. The van der Waals surface area contributed by atoms with E-state index in [4.69, 9.17) is 15.2 Å². The third-order valence-electron chi connectivity index (χ3n) is 3.51. The fraction of sp³-hybridized carbons (Fsp3) is 0.562. The van der Waals surface area contributed by atoms with Gasteiger partial charge in [-0.25, -0.2) is 4.99 Å². The first-order valence-corrected chi connectivity index (χ1v) is 7.61. The van der Waals surface area contributed by atoms with Crippen molar-refractivity contribution in [2.75, 3.05) is 40.4 Å². The van der Waals surface area contributed by atoms with E-state index >= 15 is 0 Å². The van der Waals surface area contributed by atoms with Crippen molar-refractivity contribution in [1.82, 2.24) is 10.2 Å². The number of guanidine groups is 1. The van der Waals surface area contributed by atoms with E-state index < -0.39 is 0 Å². The van der Waals surface area contributed by atoms with Crippen LogP contribution in [0.4, 0.5) is 0 Å². The SMILES string of the molecule is CCN(CC)CCNC(N)=NCc1ccc(OC)c(OC)c1.I. The predicted octanol–water partition coefficient (Wildman–Crippen LogP) is 2.07. The van der Waals surface area contributed by atoms with E-state index in [1.807, 2.05) is 18.2 Å². The highest BCUT2D eigenvalue weighted by molar-refractivity contribution is 14.0. The van der Waals surface area contributed by atoms with Crippen molar-refractivity contribution in [1.29, 1.82) is 0 Å². The van der Waals surface area contributed by atoms with Crippen molar-refractivity contribution < 1.29 is 9.47 Å². The van der Waals surface area contributed by atoms with Gasteiger partial charge in [0.25, 0.3) is 0 Å². The Morgan fingerprint density at radius 3 is 2.39 bits per heavy atom. The van der Waals surface area contributed by atoms with Gasteiger partial charge in [-0.05, 0) is 30.8 Å². The molecule has 0 radical (unpaired) electrons. The predicted molar refractivity (Wildman–Crippen MR) is 106 cm³/mol. The zero-order valence-corrected chi connectivity index (χ0v) is 16.8. The largest absolute Gasteiger partial charge is 0.493 e. The van der Waals surface area contributed by atoms with E-state index in [2.05, 4.69) is 29.1 Å². The van der Waals surface area contributed by atoms with E-state index in [9.17, 15) is 0 Å². The molecule has 0 heterocycles. The molecule has 1 rings (SSSR count). The lowest BCUT2D eigenvalue weighted by Gasteiger charge is -2.18. The average molecular weight is 436 g/mol. The second kappa shape index (κ2) is 12.2. The zero-order valence-electron chi connectivity index (χ0n) is 14.5. The molecule has 0 aliphatic heterocycles. The van der Waals surface area contributed by atoms with Gasteiger partial charge in [0.1, 0.15) is 0 Å². The molecule has 1 aromatic rings. The summed E-state index contributed by atoms with van der Waals surface area (Å²) in [7, 11) is 3.24. The molecule has 6 nitrogen and oxygen atoms in total. The van der Waals surface area contributed by atoms with Crippen molar-refractivity contribution >= 4 is 29.9 Å². The van der Waals surface area contributed by atoms with Crippen LogP contribution in [0.15, 0.2) is 23.2 Å². The van der Waals surface area contributed by atoms with Crippen LogP contribution >= 0.6 is 24.0 Å². The Kier molecular flexibility index (Phi) is 11.6. The molecule has 0 aromatic heterocycles. The van der Waals surface area contributed by atoms with Crippen molar-refractivity contribution in [3.05, 3.63) is 23.8 Å². The normalized spacial score (nSPS) is 11.1. The minimum absolute atomic E-state index is 0. The van der Waals surface area contributed by atoms with Gasteiger partial charge in [0, 0.05) is 13.1 Å². The van der Waals surface area contributed by atoms with Crippen LogP contribution < -0.4 is 20.5 Å². The average Bonchev–Trinajstić information content (AvgIpc) is 2.56. The van der Waals surface area contributed by atoms with Gasteiger partial charge in [0.05, 0.1) is 20.8 Å². The van der Waals surface area contributed by atoms with Crippen LogP contribution in [0.25, 0.3) is 0 Å². The molecular weight excluding hydrogens is 407 g/mol. The Bertz CT molecular complexity index is 479. The van der Waals surface area contributed by atoms with E-state index in [1.54, 1.807) is 14.2 Å². The molecule has 0 spiro atoms. The van der Waals surface area contributed by atoms with Crippen molar-refractivity contribution in [2.24, 2.45) is 10.7 Å². The lowest BCUT2D eigenvalue weighted by Crippen LogP contribution is -2.38. The Morgan fingerprint density at radius 1 is 1.17 bits per heavy atom. The minimum Gasteiger partial charge on any atom is -0.493 e. The lowest BCUT2D eigenvalue weighted by atomic mass is 10.2. The van der Waals surface area contributed by atoms with Crippen LogP contribution in [0.5, 0.6) is 11.5 Å². The fourth-order valence-corrected chi connectivity index (χ4v) is 2.09. The van der Waals surface area contributed by atoms with Gasteiger partial charge < -0.3 is 25.4 Å². The van der Waals surface area contributed by atoms with Crippen LogP contribution in [0, 0.1) is 0 Å². The lowest BCUT2D eigenvalue weighted by molar-refractivity contribution is 0.308. The van der Waals surface area contributed by atoms with Crippen LogP contribution in [0.1, 0.15) is 19.4 Å². The molecule has 3 N–H and O–H groups in total. The number of halogens is 1. The summed E-state index contributed by atoms with van der Waals surface area (Å²) in [4.78, 5) is 6.67.